The molecule has 1 unspecified atom stereocenters. The minimum atomic E-state index is -0.870. The molecule has 1 atom stereocenters. The molecule has 0 aliphatic rings. The van der Waals surface area contributed by atoms with Crippen LogP contribution in [-0.4, -0.2) is 67.2 Å². The largest absolute Gasteiger partial charge is 0.481 e. The summed E-state index contributed by atoms with van der Waals surface area (Å²) >= 11 is 0. The van der Waals surface area contributed by atoms with Gasteiger partial charge in [-0.2, -0.15) is 0 Å². The van der Waals surface area contributed by atoms with Crippen LogP contribution in [0.15, 0.2) is 0 Å². The average molecular weight is 439 g/mol. The van der Waals surface area contributed by atoms with Crippen LogP contribution < -0.4 is 0 Å². The van der Waals surface area contributed by atoms with E-state index in [0.717, 1.165) is 32.1 Å². The molecule has 0 bridgehead atoms. The van der Waals surface area contributed by atoms with Crippen LogP contribution in [0.2, 0.25) is 0 Å². The Balaban J connectivity index is -0.000000364. The maximum atomic E-state index is 9.90. The van der Waals surface area contributed by atoms with Crippen LogP contribution in [0.4, 0.5) is 0 Å². The molecule has 0 aliphatic heterocycles. The van der Waals surface area contributed by atoms with E-state index in [4.69, 9.17) is 25.5 Å². The zero-order chi connectivity index (χ0) is 23.8. The van der Waals surface area contributed by atoms with Crippen molar-refractivity contribution in [1.29, 1.82) is 0 Å². The monoisotopic (exact) mass is 438 g/mol. The van der Waals surface area contributed by atoms with Crippen LogP contribution in [0.25, 0.3) is 0 Å². The van der Waals surface area contributed by atoms with Crippen LogP contribution in [0.5, 0.6) is 0 Å². The molecule has 6 N–H and O–H groups in total. The summed E-state index contributed by atoms with van der Waals surface area (Å²) in [6.45, 7) is 2.31. The van der Waals surface area contributed by atoms with E-state index in [1.165, 1.54) is 0 Å². The van der Waals surface area contributed by atoms with Gasteiger partial charge in [0.1, 0.15) is 0 Å². The highest BCUT2D eigenvalue weighted by Crippen LogP contribution is 2.05. The SMILES string of the molecule is CCCCC(O)CCCO.O=C(O)CCCCC(=O)O.O=C(O)CCCCC(=O)O. The second kappa shape index (κ2) is 24.8. The van der Waals surface area contributed by atoms with Gasteiger partial charge < -0.3 is 30.6 Å². The molecule has 0 saturated heterocycles. The molecule has 0 saturated carbocycles. The Morgan fingerprint density at radius 3 is 1.13 bits per heavy atom. The Morgan fingerprint density at radius 2 is 0.900 bits per heavy atom. The smallest absolute Gasteiger partial charge is 0.303 e. The number of unbranched alkanes of at least 4 members (excludes halogenated alkanes) is 3. The van der Waals surface area contributed by atoms with Crippen molar-refractivity contribution in [3.05, 3.63) is 0 Å². The van der Waals surface area contributed by atoms with Gasteiger partial charge in [-0.25, -0.2) is 0 Å². The number of hydrogen-bond acceptors (Lipinski definition) is 6. The van der Waals surface area contributed by atoms with Crippen molar-refractivity contribution < 1.29 is 49.8 Å². The first-order valence-electron chi connectivity index (χ1n) is 10.2. The molecule has 178 valence electrons. The van der Waals surface area contributed by atoms with E-state index in [9.17, 15) is 24.3 Å². The lowest BCUT2D eigenvalue weighted by atomic mass is 10.1. The van der Waals surface area contributed by atoms with Crippen molar-refractivity contribution in [3.63, 3.8) is 0 Å². The Hall–Kier alpha value is -2.20. The second-order valence-corrected chi connectivity index (χ2v) is 6.65. The summed E-state index contributed by atoms with van der Waals surface area (Å²) in [6.07, 6.45) is 6.43. The molecular weight excluding hydrogens is 400 g/mol. The fourth-order valence-corrected chi connectivity index (χ4v) is 2.02. The zero-order valence-electron chi connectivity index (χ0n) is 17.8. The van der Waals surface area contributed by atoms with Crippen LogP contribution in [0, 0.1) is 0 Å². The molecule has 0 aromatic carbocycles. The van der Waals surface area contributed by atoms with Gasteiger partial charge in [0.05, 0.1) is 6.10 Å². The Labute approximate surface area is 177 Å². The van der Waals surface area contributed by atoms with Gasteiger partial charge in [-0.1, -0.05) is 19.8 Å². The number of aliphatic hydroxyl groups excluding tert-OH is 2. The van der Waals surface area contributed by atoms with Gasteiger partial charge in [0.15, 0.2) is 0 Å². The summed E-state index contributed by atoms with van der Waals surface area (Å²) in [6, 6.07) is 0. The maximum Gasteiger partial charge on any atom is 0.303 e. The molecule has 0 fully saturated rings. The first-order valence-corrected chi connectivity index (χ1v) is 10.2. The Morgan fingerprint density at radius 1 is 0.600 bits per heavy atom. The zero-order valence-corrected chi connectivity index (χ0v) is 17.8. The number of rotatable bonds is 16. The maximum absolute atomic E-state index is 9.90. The number of carboxylic acids is 4. The van der Waals surface area contributed by atoms with E-state index >= 15 is 0 Å². The molecule has 0 aromatic heterocycles. The van der Waals surface area contributed by atoms with Crippen molar-refractivity contribution in [1.82, 2.24) is 0 Å². The van der Waals surface area contributed by atoms with Crippen molar-refractivity contribution in [2.45, 2.75) is 96.5 Å². The standard InChI is InChI=1S/C8H18O2.2C6H10O4/c1-2-3-5-8(10)6-4-7-9;2*7-5(8)3-1-2-4-6(9)10/h8-10H,2-7H2,1H3;2*1-4H2,(H,7,8)(H,9,10). The third-order valence-corrected chi connectivity index (χ3v) is 3.65. The summed E-state index contributed by atoms with van der Waals surface area (Å²) in [5, 5.41) is 50.2. The van der Waals surface area contributed by atoms with Gasteiger partial charge in [0, 0.05) is 32.3 Å². The van der Waals surface area contributed by atoms with Crippen molar-refractivity contribution in [2.24, 2.45) is 0 Å². The predicted octanol–water partition coefficient (Wildman–Crippen LogP) is 2.74. The summed E-state index contributed by atoms with van der Waals surface area (Å²) in [4.78, 5) is 39.6. The molecule has 10 heteroatoms. The van der Waals surface area contributed by atoms with E-state index in [0.29, 0.717) is 25.7 Å². The summed E-state index contributed by atoms with van der Waals surface area (Å²) < 4.78 is 0. The van der Waals surface area contributed by atoms with E-state index in [1.54, 1.807) is 0 Å². The van der Waals surface area contributed by atoms with Crippen LogP contribution in [-0.2, 0) is 19.2 Å². The summed E-state index contributed by atoms with van der Waals surface area (Å²) in [7, 11) is 0. The topological polar surface area (TPSA) is 190 Å². The second-order valence-electron chi connectivity index (χ2n) is 6.65. The van der Waals surface area contributed by atoms with Crippen LogP contribution in [0.3, 0.4) is 0 Å². The summed E-state index contributed by atoms with van der Waals surface area (Å²) in [5.41, 5.74) is 0. The first kappa shape index (κ1) is 32.5. The molecule has 0 aliphatic carbocycles. The lowest BCUT2D eigenvalue weighted by Crippen LogP contribution is -2.06. The minimum absolute atomic E-state index is 0.0628. The van der Waals surface area contributed by atoms with Gasteiger partial charge in [-0.15, -0.1) is 0 Å². The van der Waals surface area contributed by atoms with E-state index in [-0.39, 0.29) is 38.4 Å². The normalized spacial score (nSPS) is 10.6. The summed E-state index contributed by atoms with van der Waals surface area (Å²) in [5.74, 6) is -3.48. The number of aliphatic hydroxyl groups is 2. The van der Waals surface area contributed by atoms with Crippen molar-refractivity contribution >= 4 is 23.9 Å². The van der Waals surface area contributed by atoms with E-state index < -0.39 is 23.9 Å². The fraction of sp³-hybridized carbons (Fsp3) is 0.800. The molecule has 0 rings (SSSR count). The Bertz CT molecular complexity index is 379. The predicted molar refractivity (Wildman–Crippen MR) is 109 cm³/mol. The quantitative estimate of drug-likeness (QED) is 0.195. The first-order chi connectivity index (χ1) is 14.1. The lowest BCUT2D eigenvalue weighted by molar-refractivity contribution is -0.139. The number of carboxylic acid groups (broad SMARTS) is 4. The molecule has 30 heavy (non-hydrogen) atoms. The third-order valence-electron chi connectivity index (χ3n) is 3.65. The van der Waals surface area contributed by atoms with Gasteiger partial charge >= 0.3 is 23.9 Å². The van der Waals surface area contributed by atoms with Gasteiger partial charge in [-0.3, -0.25) is 19.2 Å². The van der Waals surface area contributed by atoms with Gasteiger partial charge in [0.25, 0.3) is 0 Å². The molecule has 10 nitrogen and oxygen atoms in total. The van der Waals surface area contributed by atoms with Crippen LogP contribution >= 0.6 is 0 Å². The molecule has 0 radical (unpaired) electrons. The average Bonchev–Trinajstić information content (AvgIpc) is 2.66. The minimum Gasteiger partial charge on any atom is -0.481 e. The molecular formula is C20H38O10. The number of aliphatic carboxylic acids is 4. The van der Waals surface area contributed by atoms with Gasteiger partial charge in [-0.05, 0) is 44.9 Å². The molecule has 0 spiro atoms. The fourth-order valence-electron chi connectivity index (χ4n) is 2.02. The highest BCUT2D eigenvalue weighted by Gasteiger charge is 2.01. The van der Waals surface area contributed by atoms with Crippen LogP contribution in [0.1, 0.15) is 90.4 Å². The Kier molecular flexibility index (Phi) is 26.9. The van der Waals surface area contributed by atoms with Crippen molar-refractivity contribution in [3.8, 4) is 0 Å². The van der Waals surface area contributed by atoms with E-state index in [1.807, 2.05) is 0 Å². The van der Waals surface area contributed by atoms with Gasteiger partial charge in [0.2, 0.25) is 0 Å². The van der Waals surface area contributed by atoms with Crippen molar-refractivity contribution in [2.75, 3.05) is 6.61 Å². The number of hydrogen-bond donors (Lipinski definition) is 6. The van der Waals surface area contributed by atoms with E-state index in [2.05, 4.69) is 6.92 Å². The highest BCUT2D eigenvalue weighted by atomic mass is 16.4. The number of carbonyl (C=O) groups is 4. The lowest BCUT2D eigenvalue weighted by Gasteiger charge is -2.07. The molecule has 0 amide bonds. The highest BCUT2D eigenvalue weighted by molar-refractivity contribution is 5.68. The molecule has 0 aromatic rings. The third kappa shape index (κ3) is 40.5. The molecule has 0 heterocycles.